The van der Waals surface area contributed by atoms with Gasteiger partial charge in [0.15, 0.2) is 0 Å². The van der Waals surface area contributed by atoms with E-state index in [-0.39, 0.29) is 18.7 Å². The van der Waals surface area contributed by atoms with Gasteiger partial charge in [-0.15, -0.1) is 0 Å². The van der Waals surface area contributed by atoms with Gasteiger partial charge >= 0.3 is 0 Å². The summed E-state index contributed by atoms with van der Waals surface area (Å²) < 4.78 is 31.7. The molecule has 5 heteroatoms. The summed E-state index contributed by atoms with van der Waals surface area (Å²) in [6.45, 7) is 2.12. The lowest BCUT2D eigenvalue weighted by Gasteiger charge is -2.08. The monoisotopic (exact) mass is 291 g/mol. The maximum absolute atomic E-state index is 13.3. The minimum absolute atomic E-state index is 0.0455. The van der Waals surface area contributed by atoms with E-state index < -0.39 is 17.5 Å². The molecule has 0 aliphatic rings. The van der Waals surface area contributed by atoms with E-state index >= 15 is 0 Å². The van der Waals surface area contributed by atoms with Crippen LogP contribution in [0.25, 0.3) is 0 Å². The van der Waals surface area contributed by atoms with Crippen molar-refractivity contribution in [1.82, 2.24) is 0 Å². The third-order valence-corrected chi connectivity index (χ3v) is 2.82. The van der Waals surface area contributed by atoms with Gasteiger partial charge in [-0.1, -0.05) is 17.7 Å². The van der Waals surface area contributed by atoms with Crippen LogP contribution in [0.15, 0.2) is 42.5 Å². The quantitative estimate of drug-likeness (QED) is 0.912. The Morgan fingerprint density at radius 1 is 1.14 bits per heavy atom. The van der Waals surface area contributed by atoms with E-state index in [2.05, 4.69) is 5.32 Å². The average Bonchev–Trinajstić information content (AvgIpc) is 2.45. The molecule has 0 bridgehead atoms. The summed E-state index contributed by atoms with van der Waals surface area (Å²) >= 11 is 0. The van der Waals surface area contributed by atoms with Crippen molar-refractivity contribution in [1.29, 1.82) is 0 Å². The van der Waals surface area contributed by atoms with Crippen molar-refractivity contribution >= 4 is 11.6 Å². The molecule has 0 atom stereocenters. The number of carbonyl (C=O) groups excluding carboxylic acids is 1. The minimum atomic E-state index is -0.677. The number of aryl methyl sites for hydroxylation is 1. The van der Waals surface area contributed by atoms with Crippen LogP contribution in [0, 0.1) is 18.6 Å². The molecule has 0 heterocycles. The number of hydrogen-bond acceptors (Lipinski definition) is 2. The van der Waals surface area contributed by atoms with Gasteiger partial charge in [0.05, 0.1) is 18.7 Å². The predicted octanol–water partition coefficient (Wildman–Crippen LogP) is 3.68. The smallest absolute Gasteiger partial charge is 0.227 e. The van der Waals surface area contributed by atoms with E-state index in [0.717, 1.165) is 23.8 Å². The summed E-state index contributed by atoms with van der Waals surface area (Å²) in [5.41, 5.74) is 0.942. The highest BCUT2D eigenvalue weighted by atomic mass is 19.1. The molecule has 2 rings (SSSR count). The molecule has 0 aliphatic heterocycles. The van der Waals surface area contributed by atoms with Crippen LogP contribution < -0.4 is 10.1 Å². The van der Waals surface area contributed by atoms with Crippen molar-refractivity contribution in [3.05, 3.63) is 59.7 Å². The standard InChI is InChI=1S/C16H15F2NO2/c1-11-2-5-13(6-3-11)21-9-8-16(20)19-15-10-12(17)4-7-14(15)18/h2-7,10H,8-9H2,1H3,(H,19,20). The largest absolute Gasteiger partial charge is 0.493 e. The van der Waals surface area contributed by atoms with Crippen molar-refractivity contribution in [3.63, 3.8) is 0 Å². The first-order valence-corrected chi connectivity index (χ1v) is 6.49. The van der Waals surface area contributed by atoms with Crippen molar-refractivity contribution in [3.8, 4) is 5.75 Å². The third-order valence-electron chi connectivity index (χ3n) is 2.82. The van der Waals surface area contributed by atoms with Crippen LogP contribution in [-0.4, -0.2) is 12.5 Å². The summed E-state index contributed by atoms with van der Waals surface area (Å²) in [5.74, 6) is -1.07. The Bertz CT molecular complexity index is 627. The fourth-order valence-electron chi connectivity index (χ4n) is 1.70. The number of ether oxygens (including phenoxy) is 1. The van der Waals surface area contributed by atoms with Crippen molar-refractivity contribution in [2.45, 2.75) is 13.3 Å². The SMILES string of the molecule is Cc1ccc(OCCC(=O)Nc2cc(F)ccc2F)cc1. The second-order valence-corrected chi connectivity index (χ2v) is 4.58. The zero-order valence-corrected chi connectivity index (χ0v) is 11.5. The van der Waals surface area contributed by atoms with Crippen LogP contribution >= 0.6 is 0 Å². The molecule has 0 fully saturated rings. The molecule has 1 N–H and O–H groups in total. The molecule has 0 aliphatic carbocycles. The molecule has 0 spiro atoms. The second kappa shape index (κ2) is 6.83. The summed E-state index contributed by atoms with van der Waals surface area (Å²) in [4.78, 5) is 11.6. The van der Waals surface area contributed by atoms with Gasteiger partial charge in [0.2, 0.25) is 5.91 Å². The lowest BCUT2D eigenvalue weighted by Crippen LogP contribution is -2.16. The maximum atomic E-state index is 13.3. The van der Waals surface area contributed by atoms with Crippen LogP contribution in [0.2, 0.25) is 0 Å². The first-order valence-electron chi connectivity index (χ1n) is 6.49. The summed E-state index contributed by atoms with van der Waals surface area (Å²) in [6.07, 6.45) is 0.0455. The molecular formula is C16H15F2NO2. The fourth-order valence-corrected chi connectivity index (χ4v) is 1.70. The molecule has 3 nitrogen and oxygen atoms in total. The molecule has 0 unspecified atom stereocenters. The van der Waals surface area contributed by atoms with E-state index in [4.69, 9.17) is 4.74 Å². The molecule has 1 amide bonds. The Kier molecular flexibility index (Phi) is 4.87. The second-order valence-electron chi connectivity index (χ2n) is 4.58. The number of anilines is 1. The Balaban J connectivity index is 1.82. The number of halogens is 2. The van der Waals surface area contributed by atoms with Crippen LogP contribution in [0.4, 0.5) is 14.5 Å². The normalized spacial score (nSPS) is 10.2. The summed E-state index contributed by atoms with van der Waals surface area (Å²) in [6, 6.07) is 10.3. The van der Waals surface area contributed by atoms with Gasteiger partial charge in [-0.3, -0.25) is 4.79 Å². The van der Waals surface area contributed by atoms with Gasteiger partial charge < -0.3 is 10.1 Å². The molecule has 0 radical (unpaired) electrons. The first-order chi connectivity index (χ1) is 10.0. The Labute approximate surface area is 121 Å². The number of rotatable bonds is 5. The lowest BCUT2D eigenvalue weighted by molar-refractivity contribution is -0.116. The highest BCUT2D eigenvalue weighted by Crippen LogP contribution is 2.16. The van der Waals surface area contributed by atoms with Gasteiger partial charge in [-0.25, -0.2) is 8.78 Å². The van der Waals surface area contributed by atoms with Crippen molar-refractivity contribution in [2.75, 3.05) is 11.9 Å². The Morgan fingerprint density at radius 3 is 2.57 bits per heavy atom. The molecule has 0 aromatic heterocycles. The van der Waals surface area contributed by atoms with Crippen LogP contribution in [0.3, 0.4) is 0 Å². The van der Waals surface area contributed by atoms with Crippen molar-refractivity contribution < 1.29 is 18.3 Å². The molecular weight excluding hydrogens is 276 g/mol. The Morgan fingerprint density at radius 2 is 1.86 bits per heavy atom. The van der Waals surface area contributed by atoms with Crippen LogP contribution in [-0.2, 0) is 4.79 Å². The highest BCUT2D eigenvalue weighted by molar-refractivity contribution is 5.90. The van der Waals surface area contributed by atoms with E-state index in [1.165, 1.54) is 0 Å². The van der Waals surface area contributed by atoms with Gasteiger partial charge in [-0.2, -0.15) is 0 Å². The van der Waals surface area contributed by atoms with E-state index in [1.807, 2.05) is 19.1 Å². The number of hydrogen-bond donors (Lipinski definition) is 1. The molecule has 21 heavy (non-hydrogen) atoms. The average molecular weight is 291 g/mol. The lowest BCUT2D eigenvalue weighted by atomic mass is 10.2. The molecule has 2 aromatic carbocycles. The van der Waals surface area contributed by atoms with E-state index in [0.29, 0.717) is 5.75 Å². The van der Waals surface area contributed by atoms with Gasteiger partial charge in [0.1, 0.15) is 17.4 Å². The minimum Gasteiger partial charge on any atom is -0.493 e. The number of amides is 1. The summed E-state index contributed by atoms with van der Waals surface area (Å²) in [5, 5.41) is 2.31. The molecule has 0 saturated carbocycles. The highest BCUT2D eigenvalue weighted by Gasteiger charge is 2.08. The topological polar surface area (TPSA) is 38.3 Å². The van der Waals surface area contributed by atoms with Gasteiger partial charge in [-0.05, 0) is 31.2 Å². The molecule has 2 aromatic rings. The first kappa shape index (κ1) is 15.0. The zero-order valence-electron chi connectivity index (χ0n) is 11.5. The van der Waals surface area contributed by atoms with E-state index in [9.17, 15) is 13.6 Å². The predicted molar refractivity (Wildman–Crippen MR) is 76.3 cm³/mol. The third kappa shape index (κ3) is 4.56. The molecule has 0 saturated heterocycles. The number of carbonyl (C=O) groups is 1. The number of benzene rings is 2. The van der Waals surface area contributed by atoms with Gasteiger partial charge in [0, 0.05) is 6.07 Å². The van der Waals surface area contributed by atoms with Crippen LogP contribution in [0.5, 0.6) is 5.75 Å². The van der Waals surface area contributed by atoms with Crippen molar-refractivity contribution in [2.24, 2.45) is 0 Å². The van der Waals surface area contributed by atoms with Crippen LogP contribution in [0.1, 0.15) is 12.0 Å². The maximum Gasteiger partial charge on any atom is 0.227 e. The Hall–Kier alpha value is -2.43. The summed E-state index contributed by atoms with van der Waals surface area (Å²) in [7, 11) is 0. The van der Waals surface area contributed by atoms with Gasteiger partial charge in [0.25, 0.3) is 0 Å². The molecule has 110 valence electrons. The zero-order chi connectivity index (χ0) is 15.2. The number of nitrogens with one attached hydrogen (secondary N) is 1. The fraction of sp³-hybridized carbons (Fsp3) is 0.188. The van der Waals surface area contributed by atoms with E-state index in [1.54, 1.807) is 12.1 Å².